The Morgan fingerprint density at radius 2 is 1.83 bits per heavy atom. The first-order valence-corrected chi connectivity index (χ1v) is 11.3. The third-order valence-corrected chi connectivity index (χ3v) is 6.72. The highest BCUT2D eigenvalue weighted by Crippen LogP contribution is 2.22. The minimum atomic E-state index is -3.88. The van der Waals surface area contributed by atoms with Gasteiger partial charge in [-0.1, -0.05) is 17.7 Å². The van der Waals surface area contributed by atoms with Crippen LogP contribution in [-0.2, 0) is 10.0 Å². The number of methoxy groups -OCH3 is 1. The van der Waals surface area contributed by atoms with Crippen LogP contribution in [0, 0.1) is 0 Å². The summed E-state index contributed by atoms with van der Waals surface area (Å²) in [6.45, 7) is 1.74. The number of nitrogens with one attached hydrogen (secondary N) is 2. The predicted octanol–water partition coefficient (Wildman–Crippen LogP) is 4.36. The first-order valence-electron chi connectivity index (χ1n) is 8.66. The molecule has 2 N–H and O–H groups in total. The van der Waals surface area contributed by atoms with E-state index >= 15 is 0 Å². The minimum absolute atomic E-state index is 0.0447. The van der Waals surface area contributed by atoms with Crippen LogP contribution in [0.2, 0.25) is 4.34 Å². The topological polar surface area (TPSA) is 96.9 Å². The van der Waals surface area contributed by atoms with Crippen molar-refractivity contribution in [3.8, 4) is 5.75 Å². The van der Waals surface area contributed by atoms with Crippen molar-refractivity contribution in [1.29, 1.82) is 0 Å². The molecule has 1 amide bonds. The van der Waals surface area contributed by atoms with E-state index in [1.165, 1.54) is 42.7 Å². The molecule has 1 heterocycles. The molecule has 0 aliphatic heterocycles. The van der Waals surface area contributed by atoms with Crippen molar-refractivity contribution in [2.75, 3.05) is 11.8 Å². The predicted molar refractivity (Wildman–Crippen MR) is 119 cm³/mol. The second-order valence-corrected chi connectivity index (χ2v) is 9.50. The molecular formula is C20H18ClN3O4S2. The highest BCUT2D eigenvalue weighted by molar-refractivity contribution is 7.92. The molecule has 10 heteroatoms. The summed E-state index contributed by atoms with van der Waals surface area (Å²) in [7, 11) is -2.36. The summed E-state index contributed by atoms with van der Waals surface area (Å²) in [5.41, 5.74) is 3.56. The van der Waals surface area contributed by atoms with Gasteiger partial charge in [-0.15, -0.1) is 11.3 Å². The van der Waals surface area contributed by atoms with Crippen LogP contribution in [0.3, 0.4) is 0 Å². The fourth-order valence-corrected chi connectivity index (χ4v) is 4.53. The molecule has 0 spiro atoms. The van der Waals surface area contributed by atoms with E-state index in [-0.39, 0.29) is 10.5 Å². The Hall–Kier alpha value is -2.88. The SMILES string of the molecule is COc1ccc(NS(=O)(=O)c2cccc(C(=O)N/N=C(\C)c3ccc(Cl)s3)c2)cc1. The molecule has 1 aromatic heterocycles. The number of anilines is 1. The van der Waals surface area contributed by atoms with Crippen LogP contribution in [0.5, 0.6) is 5.75 Å². The van der Waals surface area contributed by atoms with Crippen LogP contribution in [0.25, 0.3) is 0 Å². The summed E-state index contributed by atoms with van der Waals surface area (Å²) in [5, 5.41) is 4.05. The molecule has 7 nitrogen and oxygen atoms in total. The number of ether oxygens (including phenoxy) is 1. The molecule has 30 heavy (non-hydrogen) atoms. The molecule has 0 aliphatic carbocycles. The summed E-state index contributed by atoms with van der Waals surface area (Å²) in [4.78, 5) is 13.2. The monoisotopic (exact) mass is 463 g/mol. The van der Waals surface area contributed by atoms with Gasteiger partial charge in [0.2, 0.25) is 0 Å². The molecule has 0 atom stereocenters. The quantitative estimate of drug-likeness (QED) is 0.401. The van der Waals surface area contributed by atoms with E-state index in [0.29, 0.717) is 21.5 Å². The van der Waals surface area contributed by atoms with Crippen molar-refractivity contribution in [1.82, 2.24) is 5.43 Å². The van der Waals surface area contributed by atoms with Crippen LogP contribution in [-0.4, -0.2) is 27.1 Å². The summed E-state index contributed by atoms with van der Waals surface area (Å²) in [6, 6.07) is 15.7. The molecule has 156 valence electrons. The number of halogens is 1. The zero-order valence-electron chi connectivity index (χ0n) is 16.0. The molecule has 0 bridgehead atoms. The number of hydrazone groups is 1. The van der Waals surface area contributed by atoms with Gasteiger partial charge in [-0.25, -0.2) is 13.8 Å². The molecule has 0 saturated heterocycles. The smallest absolute Gasteiger partial charge is 0.271 e. The lowest BCUT2D eigenvalue weighted by Crippen LogP contribution is -2.20. The van der Waals surface area contributed by atoms with Crippen molar-refractivity contribution >= 4 is 50.3 Å². The lowest BCUT2D eigenvalue weighted by molar-refractivity contribution is 0.0954. The lowest BCUT2D eigenvalue weighted by atomic mass is 10.2. The molecule has 0 aliphatic rings. The average molecular weight is 464 g/mol. The van der Waals surface area contributed by atoms with Gasteiger partial charge in [-0.05, 0) is 61.5 Å². The van der Waals surface area contributed by atoms with Crippen LogP contribution in [0.4, 0.5) is 5.69 Å². The van der Waals surface area contributed by atoms with Crippen molar-refractivity contribution < 1.29 is 17.9 Å². The standard InChI is InChI=1S/C20H18ClN3O4S2/c1-13(18-10-11-19(21)29-18)22-23-20(25)14-4-3-5-17(12-14)30(26,27)24-15-6-8-16(28-2)9-7-15/h3-12,24H,1-2H3,(H,23,25)/b22-13+. The van der Waals surface area contributed by atoms with Gasteiger partial charge in [-0.2, -0.15) is 5.10 Å². The number of sulfonamides is 1. The fraction of sp³-hybridized carbons (Fsp3) is 0.100. The Morgan fingerprint density at radius 3 is 2.47 bits per heavy atom. The third kappa shape index (κ3) is 5.38. The normalized spacial score (nSPS) is 11.8. The zero-order chi connectivity index (χ0) is 21.7. The number of carbonyl (C=O) groups is 1. The number of amides is 1. The van der Waals surface area contributed by atoms with E-state index in [2.05, 4.69) is 15.2 Å². The van der Waals surface area contributed by atoms with Gasteiger partial charge in [0.05, 0.1) is 26.9 Å². The van der Waals surface area contributed by atoms with Gasteiger partial charge in [-0.3, -0.25) is 9.52 Å². The van der Waals surface area contributed by atoms with Crippen LogP contribution >= 0.6 is 22.9 Å². The molecule has 0 fully saturated rings. The van der Waals surface area contributed by atoms with Crippen LogP contribution in [0.1, 0.15) is 22.2 Å². The Bertz CT molecular complexity index is 1190. The second kappa shape index (κ2) is 9.29. The van der Waals surface area contributed by atoms with Gasteiger partial charge in [0.15, 0.2) is 0 Å². The molecule has 3 aromatic rings. The van der Waals surface area contributed by atoms with Gasteiger partial charge < -0.3 is 4.74 Å². The number of rotatable bonds is 7. The molecule has 3 rings (SSSR count). The van der Waals surface area contributed by atoms with Gasteiger partial charge in [0, 0.05) is 11.3 Å². The second-order valence-electron chi connectivity index (χ2n) is 6.10. The Balaban J connectivity index is 1.74. The maximum atomic E-state index is 12.7. The Morgan fingerprint density at radius 1 is 1.10 bits per heavy atom. The molecule has 0 unspecified atom stereocenters. The van der Waals surface area contributed by atoms with Crippen molar-refractivity contribution in [3.63, 3.8) is 0 Å². The zero-order valence-corrected chi connectivity index (χ0v) is 18.4. The van der Waals surface area contributed by atoms with Gasteiger partial charge in [0.1, 0.15) is 5.75 Å². The summed E-state index contributed by atoms with van der Waals surface area (Å²) in [6.07, 6.45) is 0. The number of thiophene rings is 1. The van der Waals surface area contributed by atoms with Gasteiger partial charge in [0.25, 0.3) is 15.9 Å². The Labute approximate surface area is 183 Å². The largest absolute Gasteiger partial charge is 0.497 e. The highest BCUT2D eigenvalue weighted by Gasteiger charge is 2.17. The van der Waals surface area contributed by atoms with Gasteiger partial charge >= 0.3 is 0 Å². The van der Waals surface area contributed by atoms with Crippen LogP contribution < -0.4 is 14.9 Å². The first kappa shape index (κ1) is 21.8. The van der Waals surface area contributed by atoms with Crippen molar-refractivity contribution in [2.45, 2.75) is 11.8 Å². The van der Waals surface area contributed by atoms with E-state index in [1.807, 2.05) is 0 Å². The third-order valence-electron chi connectivity index (χ3n) is 4.00. The molecule has 0 saturated carbocycles. The highest BCUT2D eigenvalue weighted by atomic mass is 35.5. The fourth-order valence-electron chi connectivity index (χ4n) is 2.44. The van der Waals surface area contributed by atoms with E-state index in [4.69, 9.17) is 16.3 Å². The maximum Gasteiger partial charge on any atom is 0.271 e. The lowest BCUT2D eigenvalue weighted by Gasteiger charge is -2.10. The van der Waals surface area contributed by atoms with Crippen LogP contribution in [0.15, 0.2) is 70.7 Å². The number of nitrogens with zero attached hydrogens (tertiary/aromatic N) is 1. The Kier molecular flexibility index (Phi) is 6.76. The number of benzene rings is 2. The summed E-state index contributed by atoms with van der Waals surface area (Å²) < 4.78 is 33.5. The van der Waals surface area contributed by atoms with E-state index in [9.17, 15) is 13.2 Å². The van der Waals surface area contributed by atoms with E-state index in [0.717, 1.165) is 4.88 Å². The van der Waals surface area contributed by atoms with Crippen molar-refractivity contribution in [2.24, 2.45) is 5.10 Å². The number of hydrogen-bond acceptors (Lipinski definition) is 6. The summed E-state index contributed by atoms with van der Waals surface area (Å²) in [5.74, 6) is 0.0794. The first-order chi connectivity index (χ1) is 14.3. The maximum absolute atomic E-state index is 12.7. The number of hydrogen-bond donors (Lipinski definition) is 2. The van der Waals surface area contributed by atoms with Crippen molar-refractivity contribution in [3.05, 3.63) is 75.4 Å². The molecule has 2 aromatic carbocycles. The van der Waals surface area contributed by atoms with E-state index < -0.39 is 15.9 Å². The summed E-state index contributed by atoms with van der Waals surface area (Å²) >= 11 is 7.24. The number of carbonyl (C=O) groups excluding carboxylic acids is 1. The molecule has 0 radical (unpaired) electrons. The average Bonchev–Trinajstić information content (AvgIpc) is 3.18. The molecular weight excluding hydrogens is 446 g/mol. The van der Waals surface area contributed by atoms with E-state index in [1.54, 1.807) is 43.3 Å². The minimum Gasteiger partial charge on any atom is -0.497 e.